The highest BCUT2D eigenvalue weighted by atomic mass is 16.6. The van der Waals surface area contributed by atoms with Crippen molar-refractivity contribution in [1.82, 2.24) is 9.80 Å². The molecule has 0 aliphatic carbocycles. The van der Waals surface area contributed by atoms with E-state index in [-0.39, 0.29) is 52.1 Å². The van der Waals surface area contributed by atoms with Gasteiger partial charge in [-0.3, -0.25) is 9.59 Å². The summed E-state index contributed by atoms with van der Waals surface area (Å²) in [5.74, 6) is -6.93. The van der Waals surface area contributed by atoms with Crippen LogP contribution in [0.1, 0.15) is 93.9 Å². The van der Waals surface area contributed by atoms with E-state index in [9.17, 15) is 28.8 Å². The molecule has 44 heavy (non-hydrogen) atoms. The molecule has 2 heterocycles. The molecule has 2 aliphatic rings. The molecule has 0 aromatic carbocycles. The van der Waals surface area contributed by atoms with E-state index in [2.05, 4.69) is 0 Å². The average Bonchev–Trinajstić information content (AvgIpc) is 2.93. The fourth-order valence-electron chi connectivity index (χ4n) is 5.92. The first-order valence-corrected chi connectivity index (χ1v) is 15.4. The van der Waals surface area contributed by atoms with Gasteiger partial charge in [-0.25, -0.2) is 19.2 Å². The molecule has 2 amide bonds. The summed E-state index contributed by atoms with van der Waals surface area (Å²) in [6.45, 7) is 12.4. The Morgan fingerprint density at radius 2 is 0.886 bits per heavy atom. The number of esters is 4. The van der Waals surface area contributed by atoms with Crippen molar-refractivity contribution in [3.63, 3.8) is 0 Å². The lowest BCUT2D eigenvalue weighted by Crippen LogP contribution is -2.90. The van der Waals surface area contributed by atoms with Crippen LogP contribution in [-0.2, 0) is 47.7 Å². The van der Waals surface area contributed by atoms with Crippen LogP contribution in [-0.4, -0.2) is 95.1 Å². The maximum atomic E-state index is 14.4. The fraction of sp³-hybridized carbons (Fsp3) is 0.688. The first-order chi connectivity index (χ1) is 20.8. The summed E-state index contributed by atoms with van der Waals surface area (Å²) in [5.41, 5.74) is -4.15. The second-order valence-corrected chi connectivity index (χ2v) is 11.3. The summed E-state index contributed by atoms with van der Waals surface area (Å²) < 4.78 is 21.7. The number of carbonyl (C=O) groups excluding carboxylic acids is 6. The van der Waals surface area contributed by atoms with Gasteiger partial charge in [-0.1, -0.05) is 23.3 Å². The number of β-lactam (4-membered cyclic amide) rings is 2. The lowest BCUT2D eigenvalue weighted by Gasteiger charge is -2.60. The van der Waals surface area contributed by atoms with Gasteiger partial charge in [0.05, 0.1) is 26.4 Å². The van der Waals surface area contributed by atoms with Gasteiger partial charge >= 0.3 is 23.9 Å². The number of amides is 2. The largest absolute Gasteiger partial charge is 0.464 e. The average molecular weight is 621 g/mol. The van der Waals surface area contributed by atoms with Gasteiger partial charge in [0.1, 0.15) is 0 Å². The third-order valence-corrected chi connectivity index (χ3v) is 7.72. The van der Waals surface area contributed by atoms with Crippen molar-refractivity contribution in [3.8, 4) is 0 Å². The highest BCUT2D eigenvalue weighted by Crippen LogP contribution is 2.49. The summed E-state index contributed by atoms with van der Waals surface area (Å²) >= 11 is 0. The zero-order valence-corrected chi connectivity index (χ0v) is 27.4. The van der Waals surface area contributed by atoms with E-state index in [1.54, 1.807) is 0 Å². The lowest BCUT2D eigenvalue weighted by atomic mass is 9.67. The van der Waals surface area contributed by atoms with Crippen molar-refractivity contribution in [3.05, 3.63) is 23.3 Å². The Balaban J connectivity index is 3.08. The van der Waals surface area contributed by atoms with E-state index in [1.807, 2.05) is 39.8 Å². The Morgan fingerprint density at radius 1 is 0.614 bits per heavy atom. The summed E-state index contributed by atoms with van der Waals surface area (Å²) in [4.78, 5) is 86.8. The number of rotatable bonds is 17. The normalized spacial score (nSPS) is 18.0. The van der Waals surface area contributed by atoms with Crippen LogP contribution >= 0.6 is 0 Å². The molecular formula is C32H48N2O10. The number of nitrogens with zero attached hydrogens (tertiary/aromatic N) is 2. The second-order valence-electron chi connectivity index (χ2n) is 11.3. The monoisotopic (exact) mass is 620 g/mol. The van der Waals surface area contributed by atoms with Crippen LogP contribution in [0, 0.1) is 0 Å². The van der Waals surface area contributed by atoms with Gasteiger partial charge in [0.25, 0.3) is 11.1 Å². The molecule has 2 fully saturated rings. The second kappa shape index (κ2) is 15.9. The van der Waals surface area contributed by atoms with Gasteiger partial charge in [-0.2, -0.15) is 0 Å². The zero-order valence-electron chi connectivity index (χ0n) is 27.4. The molecular weight excluding hydrogens is 572 g/mol. The molecule has 246 valence electrons. The summed E-state index contributed by atoms with van der Waals surface area (Å²) in [5, 5.41) is 0. The van der Waals surface area contributed by atoms with Gasteiger partial charge in [-0.15, -0.1) is 0 Å². The number of carbonyl (C=O) groups is 6. The Bertz CT molecular complexity index is 1040. The van der Waals surface area contributed by atoms with Crippen molar-refractivity contribution < 1.29 is 47.7 Å². The molecule has 2 saturated heterocycles. The van der Waals surface area contributed by atoms with Crippen LogP contribution in [0.15, 0.2) is 23.3 Å². The van der Waals surface area contributed by atoms with Crippen LogP contribution in [0.25, 0.3) is 0 Å². The lowest BCUT2D eigenvalue weighted by molar-refractivity contribution is -0.226. The molecule has 0 aromatic rings. The first-order valence-electron chi connectivity index (χ1n) is 15.4. The van der Waals surface area contributed by atoms with Gasteiger partial charge in [0.2, 0.25) is 11.8 Å². The minimum absolute atomic E-state index is 0.0726. The van der Waals surface area contributed by atoms with E-state index in [0.29, 0.717) is 12.8 Å². The highest BCUT2D eigenvalue weighted by Gasteiger charge is 2.83. The predicted molar refractivity (Wildman–Crippen MR) is 160 cm³/mol. The molecule has 2 atom stereocenters. The molecule has 2 aliphatic heterocycles. The van der Waals surface area contributed by atoms with Crippen molar-refractivity contribution in [1.29, 1.82) is 0 Å². The fourth-order valence-corrected chi connectivity index (χ4v) is 5.92. The minimum Gasteiger partial charge on any atom is -0.464 e. The van der Waals surface area contributed by atoms with E-state index < -0.39 is 58.9 Å². The number of allylic oxidation sites excluding steroid dienone is 4. The number of likely N-dealkylation sites (tertiary alicyclic amines) is 2. The Morgan fingerprint density at radius 3 is 1.09 bits per heavy atom. The maximum absolute atomic E-state index is 14.4. The Labute approximate surface area is 260 Å². The summed E-state index contributed by atoms with van der Waals surface area (Å²) in [7, 11) is 0. The van der Waals surface area contributed by atoms with Crippen molar-refractivity contribution >= 4 is 35.7 Å². The third kappa shape index (κ3) is 6.68. The number of hydrogen-bond acceptors (Lipinski definition) is 10. The van der Waals surface area contributed by atoms with Gasteiger partial charge in [-0.05, 0) is 81.1 Å². The van der Waals surface area contributed by atoms with E-state index in [1.165, 1.54) is 27.7 Å². The van der Waals surface area contributed by atoms with Crippen LogP contribution < -0.4 is 0 Å². The molecule has 0 saturated carbocycles. The molecule has 0 aromatic heterocycles. The molecule has 2 rings (SSSR count). The molecule has 0 N–H and O–H groups in total. The van der Waals surface area contributed by atoms with Crippen LogP contribution in [0.2, 0.25) is 0 Å². The summed E-state index contributed by atoms with van der Waals surface area (Å²) in [6, 6.07) is -1.56. The number of ether oxygens (including phenoxy) is 4. The van der Waals surface area contributed by atoms with Crippen LogP contribution in [0.3, 0.4) is 0 Å². The number of hydrogen-bond donors (Lipinski definition) is 0. The smallest absolute Gasteiger partial charge is 0.347 e. The maximum Gasteiger partial charge on any atom is 0.347 e. The highest BCUT2D eigenvalue weighted by molar-refractivity contribution is 6.25. The van der Waals surface area contributed by atoms with Crippen molar-refractivity contribution in [2.45, 2.75) is 117 Å². The van der Waals surface area contributed by atoms with Crippen LogP contribution in [0.5, 0.6) is 0 Å². The molecule has 12 heteroatoms. The quantitative estimate of drug-likeness (QED) is 0.0779. The Hall–Kier alpha value is -3.70. The van der Waals surface area contributed by atoms with Crippen LogP contribution in [0.4, 0.5) is 0 Å². The molecule has 0 radical (unpaired) electrons. The SMILES string of the molecule is CCOC(=O)C(C(=O)OCC)(N1C(=O)C[C@H]1CCC=C(C)C)C(C(=O)OCC)(C(=O)OCC)N1C(=O)C[C@H]1CCC=C(C)C. The topological polar surface area (TPSA) is 146 Å². The van der Waals surface area contributed by atoms with Crippen molar-refractivity contribution in [2.24, 2.45) is 0 Å². The standard InChI is InChI=1S/C32H48N2O10/c1-9-41-27(37)31(28(38)42-10-2,33-23(19-25(33)35)17-13-15-21(5)6)32(29(39)43-11-3,30(40)44-12-4)34-24(20-26(34)36)18-14-16-22(7)8/h15-16,23-24H,9-14,17-20H2,1-8H3/t23-,24-/m1/s1. The molecule has 0 spiro atoms. The zero-order chi connectivity index (χ0) is 33.2. The molecule has 0 bridgehead atoms. The van der Waals surface area contributed by atoms with Gasteiger partial charge in [0, 0.05) is 24.9 Å². The van der Waals surface area contributed by atoms with Crippen molar-refractivity contribution in [2.75, 3.05) is 26.4 Å². The van der Waals surface area contributed by atoms with Gasteiger partial charge < -0.3 is 28.7 Å². The predicted octanol–water partition coefficient (Wildman–Crippen LogP) is 3.41. The van der Waals surface area contributed by atoms with E-state index in [0.717, 1.165) is 20.9 Å². The molecule has 0 unspecified atom stereocenters. The summed E-state index contributed by atoms with van der Waals surface area (Å²) in [6.07, 6.45) is 5.23. The first kappa shape index (κ1) is 36.5. The Kier molecular flexibility index (Phi) is 13.1. The minimum atomic E-state index is -3.09. The molecule has 12 nitrogen and oxygen atoms in total. The van der Waals surface area contributed by atoms with E-state index >= 15 is 0 Å². The van der Waals surface area contributed by atoms with E-state index in [4.69, 9.17) is 18.9 Å². The van der Waals surface area contributed by atoms with Gasteiger partial charge in [0.15, 0.2) is 0 Å². The third-order valence-electron chi connectivity index (χ3n) is 7.72.